The van der Waals surface area contributed by atoms with Crippen molar-refractivity contribution in [3.63, 3.8) is 0 Å². The van der Waals surface area contributed by atoms with Crippen molar-refractivity contribution in [2.45, 2.75) is 13.3 Å². The summed E-state index contributed by atoms with van der Waals surface area (Å²) in [6, 6.07) is 9.42. The predicted octanol–water partition coefficient (Wildman–Crippen LogP) is 2.60. The molecule has 0 spiro atoms. The van der Waals surface area contributed by atoms with Gasteiger partial charge in [-0.15, -0.1) is 12.4 Å². The van der Waals surface area contributed by atoms with Crippen LogP contribution in [0.3, 0.4) is 0 Å². The summed E-state index contributed by atoms with van der Waals surface area (Å²) >= 11 is 0. The molecule has 0 saturated heterocycles. The number of carbonyl (C=O) groups is 2. The lowest BCUT2D eigenvalue weighted by Gasteiger charge is -2.09. The molecule has 1 aromatic rings. The first kappa shape index (κ1) is 17.6. The summed E-state index contributed by atoms with van der Waals surface area (Å²) in [5, 5.41) is 0. The molecule has 1 rings (SSSR count). The normalized spacial score (nSPS) is 11.1. The minimum atomic E-state index is -0.178. The molecule has 0 amide bonds. The van der Waals surface area contributed by atoms with Crippen molar-refractivity contribution >= 4 is 30.0 Å². The Morgan fingerprint density at radius 3 is 2.21 bits per heavy atom. The predicted molar refractivity (Wildman–Crippen MR) is 80.5 cm³/mol. The first-order valence-corrected chi connectivity index (χ1v) is 5.96. The van der Waals surface area contributed by atoms with Gasteiger partial charge in [0.05, 0.1) is 5.57 Å². The fraction of sp³-hybridized carbons (Fsp3) is 0.333. The van der Waals surface area contributed by atoms with Crippen LogP contribution >= 0.6 is 12.4 Å². The fourth-order valence-electron chi connectivity index (χ4n) is 1.55. The first-order valence-electron chi connectivity index (χ1n) is 5.96. The Balaban J connectivity index is 0.00000324. The van der Waals surface area contributed by atoms with Crippen molar-refractivity contribution in [3.8, 4) is 0 Å². The van der Waals surface area contributed by atoms with E-state index in [9.17, 15) is 9.59 Å². The Bertz CT molecular complexity index is 452. The highest BCUT2D eigenvalue weighted by atomic mass is 35.5. The second-order valence-electron chi connectivity index (χ2n) is 4.50. The van der Waals surface area contributed by atoms with Crippen LogP contribution in [0.15, 0.2) is 35.9 Å². The van der Waals surface area contributed by atoms with Gasteiger partial charge < -0.3 is 4.90 Å². The van der Waals surface area contributed by atoms with Gasteiger partial charge in [-0.1, -0.05) is 30.3 Å². The second-order valence-corrected chi connectivity index (χ2v) is 4.50. The van der Waals surface area contributed by atoms with E-state index in [1.807, 2.05) is 49.3 Å². The van der Waals surface area contributed by atoms with E-state index in [-0.39, 0.29) is 29.5 Å². The van der Waals surface area contributed by atoms with Gasteiger partial charge >= 0.3 is 0 Å². The summed E-state index contributed by atoms with van der Waals surface area (Å²) < 4.78 is 0. The monoisotopic (exact) mass is 281 g/mol. The van der Waals surface area contributed by atoms with Crippen molar-refractivity contribution < 1.29 is 9.59 Å². The third kappa shape index (κ3) is 6.32. The molecule has 0 aliphatic heterocycles. The van der Waals surface area contributed by atoms with E-state index in [0.717, 1.165) is 5.56 Å². The molecule has 0 bridgehead atoms. The number of allylic oxidation sites excluding steroid dienone is 1. The van der Waals surface area contributed by atoms with Gasteiger partial charge in [0.2, 0.25) is 0 Å². The van der Waals surface area contributed by atoms with Crippen LogP contribution in [0.2, 0.25) is 0 Å². The van der Waals surface area contributed by atoms with Gasteiger partial charge in [-0.2, -0.15) is 0 Å². The van der Waals surface area contributed by atoms with Crippen LogP contribution in [0.5, 0.6) is 0 Å². The summed E-state index contributed by atoms with van der Waals surface area (Å²) in [6.45, 7) is 2.08. The topological polar surface area (TPSA) is 37.4 Å². The Morgan fingerprint density at radius 2 is 1.74 bits per heavy atom. The minimum Gasteiger partial charge on any atom is -0.309 e. The van der Waals surface area contributed by atoms with Gasteiger partial charge in [0, 0.05) is 13.0 Å². The SMILES string of the molecule is CC(=O)/C(=C\c1ccccc1)C(=O)CCN(C)C.Cl. The van der Waals surface area contributed by atoms with E-state index in [1.165, 1.54) is 6.92 Å². The lowest BCUT2D eigenvalue weighted by molar-refractivity contribution is -0.120. The average Bonchev–Trinajstić information content (AvgIpc) is 2.34. The maximum atomic E-state index is 12.0. The molecule has 0 radical (unpaired) electrons. The number of ketones is 2. The van der Waals surface area contributed by atoms with Crippen LogP contribution in [0.1, 0.15) is 18.9 Å². The number of nitrogens with zero attached hydrogens (tertiary/aromatic N) is 1. The highest BCUT2D eigenvalue weighted by Crippen LogP contribution is 2.10. The molecule has 0 aliphatic rings. The van der Waals surface area contributed by atoms with E-state index in [0.29, 0.717) is 13.0 Å². The van der Waals surface area contributed by atoms with Crippen molar-refractivity contribution in [2.75, 3.05) is 20.6 Å². The van der Waals surface area contributed by atoms with E-state index in [1.54, 1.807) is 6.08 Å². The number of hydrogen-bond acceptors (Lipinski definition) is 3. The lowest BCUT2D eigenvalue weighted by Crippen LogP contribution is -2.19. The van der Waals surface area contributed by atoms with E-state index < -0.39 is 0 Å². The zero-order chi connectivity index (χ0) is 13.5. The van der Waals surface area contributed by atoms with Crippen molar-refractivity contribution in [3.05, 3.63) is 41.5 Å². The van der Waals surface area contributed by atoms with Gasteiger partial charge in [0.15, 0.2) is 11.6 Å². The molecule has 104 valence electrons. The van der Waals surface area contributed by atoms with E-state index >= 15 is 0 Å². The highest BCUT2D eigenvalue weighted by Gasteiger charge is 2.14. The van der Waals surface area contributed by atoms with Gasteiger partial charge in [-0.25, -0.2) is 0 Å². The molecule has 0 heterocycles. The van der Waals surface area contributed by atoms with E-state index in [2.05, 4.69) is 0 Å². The Kier molecular flexibility index (Phi) is 7.96. The maximum Gasteiger partial charge on any atom is 0.167 e. The number of rotatable bonds is 6. The minimum absolute atomic E-state index is 0. The zero-order valence-corrected chi connectivity index (χ0v) is 12.4. The van der Waals surface area contributed by atoms with Crippen LogP contribution in [0.25, 0.3) is 6.08 Å². The first-order chi connectivity index (χ1) is 8.50. The molecule has 0 aromatic heterocycles. The van der Waals surface area contributed by atoms with Gasteiger partial charge in [0.1, 0.15) is 0 Å². The fourth-order valence-corrected chi connectivity index (χ4v) is 1.55. The van der Waals surface area contributed by atoms with Gasteiger partial charge in [-0.05, 0) is 32.7 Å². The van der Waals surface area contributed by atoms with Crippen LogP contribution in [-0.2, 0) is 9.59 Å². The molecule has 0 N–H and O–H groups in total. The molecule has 0 atom stereocenters. The molecule has 1 aromatic carbocycles. The number of hydrogen-bond donors (Lipinski definition) is 0. The third-order valence-corrected chi connectivity index (χ3v) is 2.58. The lowest BCUT2D eigenvalue weighted by atomic mass is 10.0. The average molecular weight is 282 g/mol. The smallest absolute Gasteiger partial charge is 0.167 e. The Labute approximate surface area is 120 Å². The molecule has 0 saturated carbocycles. The highest BCUT2D eigenvalue weighted by molar-refractivity contribution is 6.22. The van der Waals surface area contributed by atoms with Crippen LogP contribution < -0.4 is 0 Å². The molecular weight excluding hydrogens is 262 g/mol. The van der Waals surface area contributed by atoms with Gasteiger partial charge in [-0.3, -0.25) is 9.59 Å². The molecule has 19 heavy (non-hydrogen) atoms. The summed E-state index contributed by atoms with van der Waals surface area (Å²) in [5.41, 5.74) is 1.16. The summed E-state index contributed by atoms with van der Waals surface area (Å²) in [6.07, 6.45) is 2.03. The number of halogens is 1. The number of Topliss-reactive ketones (excluding diaryl/α,β-unsaturated/α-hetero) is 2. The quantitative estimate of drug-likeness (QED) is 0.457. The number of benzene rings is 1. The Hall–Kier alpha value is -1.45. The standard InChI is InChI=1S/C15H19NO2.ClH/c1-12(17)14(15(18)9-10-16(2)3)11-13-7-5-4-6-8-13;/h4-8,11H,9-10H2,1-3H3;1H/b14-11+;. The van der Waals surface area contributed by atoms with Crippen molar-refractivity contribution in [1.29, 1.82) is 0 Å². The maximum absolute atomic E-state index is 12.0. The molecule has 4 heteroatoms. The summed E-state index contributed by atoms with van der Waals surface area (Å²) in [7, 11) is 3.81. The third-order valence-electron chi connectivity index (χ3n) is 2.58. The Morgan fingerprint density at radius 1 is 1.16 bits per heavy atom. The number of carbonyl (C=O) groups excluding carboxylic acids is 2. The largest absolute Gasteiger partial charge is 0.309 e. The molecule has 0 unspecified atom stereocenters. The van der Waals surface area contributed by atoms with Crippen LogP contribution in [0.4, 0.5) is 0 Å². The molecular formula is C15H20ClNO2. The molecule has 0 aliphatic carbocycles. The second kappa shape index (κ2) is 8.62. The molecule has 0 fully saturated rings. The summed E-state index contributed by atoms with van der Waals surface area (Å²) in [4.78, 5) is 25.4. The van der Waals surface area contributed by atoms with Crippen LogP contribution in [0, 0.1) is 0 Å². The van der Waals surface area contributed by atoms with E-state index in [4.69, 9.17) is 0 Å². The van der Waals surface area contributed by atoms with Crippen LogP contribution in [-0.4, -0.2) is 37.1 Å². The zero-order valence-electron chi connectivity index (χ0n) is 11.6. The van der Waals surface area contributed by atoms with Crippen molar-refractivity contribution in [2.24, 2.45) is 0 Å². The summed E-state index contributed by atoms with van der Waals surface area (Å²) in [5.74, 6) is -0.275. The van der Waals surface area contributed by atoms with Crippen molar-refractivity contribution in [1.82, 2.24) is 4.90 Å². The molecule has 3 nitrogen and oxygen atoms in total. The van der Waals surface area contributed by atoms with Gasteiger partial charge in [0.25, 0.3) is 0 Å².